The molecule has 0 bridgehead atoms. The maximum atomic E-state index is 3.68. The van der Waals surface area contributed by atoms with Crippen molar-refractivity contribution < 1.29 is 0 Å². The first kappa shape index (κ1) is 16.7. The fourth-order valence-electron chi connectivity index (χ4n) is 2.52. The van der Waals surface area contributed by atoms with Gasteiger partial charge in [-0.15, -0.1) is 0 Å². The van der Waals surface area contributed by atoms with Crippen molar-refractivity contribution in [2.45, 2.75) is 33.2 Å². The lowest BCUT2D eigenvalue weighted by molar-refractivity contribution is 0.595. The number of halogens is 2. The van der Waals surface area contributed by atoms with Gasteiger partial charge < -0.3 is 5.32 Å². The Morgan fingerprint density at radius 1 is 1.05 bits per heavy atom. The molecule has 0 spiro atoms. The summed E-state index contributed by atoms with van der Waals surface area (Å²) in [5.74, 6) is 0. The maximum absolute atomic E-state index is 3.68. The highest BCUT2D eigenvalue weighted by atomic mass is 79.9. The zero-order valence-electron chi connectivity index (χ0n) is 12.7. The van der Waals surface area contributed by atoms with Gasteiger partial charge in [-0.05, 0) is 67.3 Å². The van der Waals surface area contributed by atoms with Crippen LogP contribution in [0.15, 0.2) is 45.3 Å². The average Bonchev–Trinajstić information content (AvgIpc) is 2.42. The van der Waals surface area contributed by atoms with Crippen LogP contribution in [0.2, 0.25) is 0 Å². The molecular weight excluding hydrogens is 390 g/mol. The van der Waals surface area contributed by atoms with Crippen molar-refractivity contribution in [3.8, 4) is 0 Å². The van der Waals surface area contributed by atoms with E-state index in [-0.39, 0.29) is 6.04 Å². The van der Waals surface area contributed by atoms with Crippen LogP contribution in [-0.4, -0.2) is 6.54 Å². The fourth-order valence-corrected chi connectivity index (χ4v) is 3.85. The number of hydrogen-bond acceptors (Lipinski definition) is 1. The third kappa shape index (κ3) is 4.18. The van der Waals surface area contributed by atoms with Crippen molar-refractivity contribution >= 4 is 31.9 Å². The summed E-state index contributed by atoms with van der Waals surface area (Å²) >= 11 is 7.19. The zero-order valence-corrected chi connectivity index (χ0v) is 15.9. The second-order valence-corrected chi connectivity index (χ2v) is 7.21. The third-order valence-corrected chi connectivity index (χ3v) is 4.69. The predicted octanol–water partition coefficient (Wildman–Crippen LogP) is 5.92. The highest BCUT2D eigenvalue weighted by Crippen LogP contribution is 2.30. The zero-order chi connectivity index (χ0) is 15.4. The summed E-state index contributed by atoms with van der Waals surface area (Å²) in [6.07, 6.45) is 1.12. The summed E-state index contributed by atoms with van der Waals surface area (Å²) in [7, 11) is 0. The van der Waals surface area contributed by atoms with Gasteiger partial charge in [-0.2, -0.15) is 0 Å². The van der Waals surface area contributed by atoms with Crippen molar-refractivity contribution in [1.29, 1.82) is 0 Å². The quantitative estimate of drug-likeness (QED) is 0.645. The number of benzene rings is 2. The number of nitrogens with one attached hydrogen (secondary N) is 1. The van der Waals surface area contributed by atoms with E-state index < -0.39 is 0 Å². The summed E-state index contributed by atoms with van der Waals surface area (Å²) in [4.78, 5) is 0. The average molecular weight is 411 g/mol. The van der Waals surface area contributed by atoms with E-state index in [0.717, 1.165) is 21.9 Å². The largest absolute Gasteiger partial charge is 0.306 e. The smallest absolute Gasteiger partial charge is 0.0580 e. The second-order valence-electron chi connectivity index (χ2n) is 5.38. The van der Waals surface area contributed by atoms with Crippen LogP contribution >= 0.6 is 31.9 Å². The van der Waals surface area contributed by atoms with E-state index in [0.29, 0.717) is 0 Å². The summed E-state index contributed by atoms with van der Waals surface area (Å²) in [5, 5.41) is 3.68. The molecule has 0 aliphatic heterocycles. The summed E-state index contributed by atoms with van der Waals surface area (Å²) in [5.41, 5.74) is 5.33. The lowest BCUT2D eigenvalue weighted by Gasteiger charge is -2.23. The molecular formula is C18H21Br2N. The molecule has 0 saturated heterocycles. The molecule has 112 valence electrons. The Morgan fingerprint density at radius 2 is 1.71 bits per heavy atom. The Bertz CT molecular complexity index is 602. The van der Waals surface area contributed by atoms with Crippen molar-refractivity contribution in [3.05, 3.63) is 67.6 Å². The maximum Gasteiger partial charge on any atom is 0.0580 e. The molecule has 0 radical (unpaired) electrons. The van der Waals surface area contributed by atoms with E-state index in [1.165, 1.54) is 22.3 Å². The molecule has 3 heteroatoms. The van der Waals surface area contributed by atoms with Gasteiger partial charge >= 0.3 is 0 Å². The third-order valence-electron chi connectivity index (χ3n) is 3.77. The highest BCUT2D eigenvalue weighted by Gasteiger charge is 2.17. The molecule has 0 amide bonds. The second kappa shape index (κ2) is 7.57. The Kier molecular flexibility index (Phi) is 6.03. The molecule has 1 nitrogen and oxygen atoms in total. The summed E-state index contributed by atoms with van der Waals surface area (Å²) in [6.45, 7) is 7.58. The van der Waals surface area contributed by atoms with Crippen LogP contribution in [0.3, 0.4) is 0 Å². The molecule has 21 heavy (non-hydrogen) atoms. The lowest BCUT2D eigenvalue weighted by Crippen LogP contribution is -2.24. The SMILES string of the molecule is CCCNC(c1cc(Br)cc(Br)c1)c1cccc(C)c1C. The van der Waals surface area contributed by atoms with Crippen LogP contribution in [-0.2, 0) is 0 Å². The van der Waals surface area contributed by atoms with Gasteiger partial charge in [-0.1, -0.05) is 57.0 Å². The fraction of sp³-hybridized carbons (Fsp3) is 0.333. The lowest BCUT2D eigenvalue weighted by atomic mass is 9.92. The Morgan fingerprint density at radius 3 is 2.33 bits per heavy atom. The number of aryl methyl sites for hydroxylation is 1. The van der Waals surface area contributed by atoms with Crippen LogP contribution in [0, 0.1) is 13.8 Å². The van der Waals surface area contributed by atoms with Crippen molar-refractivity contribution in [1.82, 2.24) is 5.32 Å². The molecule has 0 aromatic heterocycles. The molecule has 0 aliphatic carbocycles. The first-order chi connectivity index (χ1) is 10.0. The van der Waals surface area contributed by atoms with Gasteiger partial charge in [-0.3, -0.25) is 0 Å². The van der Waals surface area contributed by atoms with E-state index in [1.807, 2.05) is 0 Å². The molecule has 1 unspecified atom stereocenters. The minimum atomic E-state index is 0.221. The Balaban J connectivity index is 2.49. The van der Waals surface area contributed by atoms with Gasteiger partial charge in [0, 0.05) is 8.95 Å². The molecule has 0 saturated carbocycles. The van der Waals surface area contributed by atoms with E-state index in [4.69, 9.17) is 0 Å². The summed E-state index contributed by atoms with van der Waals surface area (Å²) < 4.78 is 2.20. The first-order valence-corrected chi connectivity index (χ1v) is 8.87. The van der Waals surface area contributed by atoms with Crippen molar-refractivity contribution in [2.75, 3.05) is 6.54 Å². The van der Waals surface area contributed by atoms with Gasteiger partial charge in [0.05, 0.1) is 6.04 Å². The van der Waals surface area contributed by atoms with Gasteiger partial charge in [0.1, 0.15) is 0 Å². The predicted molar refractivity (Wildman–Crippen MR) is 97.9 cm³/mol. The van der Waals surface area contributed by atoms with Crippen LogP contribution < -0.4 is 5.32 Å². The molecule has 2 aromatic rings. The minimum absolute atomic E-state index is 0.221. The molecule has 2 aromatic carbocycles. The van der Waals surface area contributed by atoms with E-state index in [2.05, 4.69) is 94.3 Å². The van der Waals surface area contributed by atoms with Gasteiger partial charge in [0.25, 0.3) is 0 Å². The standard InChI is InChI=1S/C18H21Br2N/c1-4-8-21-18(14-9-15(19)11-16(20)10-14)17-7-5-6-12(2)13(17)3/h5-7,9-11,18,21H,4,8H2,1-3H3. The molecule has 0 heterocycles. The van der Waals surface area contributed by atoms with Gasteiger partial charge in [0.15, 0.2) is 0 Å². The van der Waals surface area contributed by atoms with E-state index >= 15 is 0 Å². The normalized spacial score (nSPS) is 12.4. The first-order valence-electron chi connectivity index (χ1n) is 7.28. The molecule has 1 atom stereocenters. The Labute approximate surface area is 144 Å². The Hall–Kier alpha value is -0.640. The molecule has 1 N–H and O–H groups in total. The highest BCUT2D eigenvalue weighted by molar-refractivity contribution is 9.11. The minimum Gasteiger partial charge on any atom is -0.306 e. The molecule has 0 fully saturated rings. The van der Waals surface area contributed by atoms with E-state index in [1.54, 1.807) is 0 Å². The van der Waals surface area contributed by atoms with Crippen LogP contribution in [0.4, 0.5) is 0 Å². The number of hydrogen-bond donors (Lipinski definition) is 1. The number of rotatable bonds is 5. The van der Waals surface area contributed by atoms with Crippen LogP contribution in [0.25, 0.3) is 0 Å². The van der Waals surface area contributed by atoms with Gasteiger partial charge in [0.2, 0.25) is 0 Å². The molecule has 2 rings (SSSR count). The topological polar surface area (TPSA) is 12.0 Å². The summed E-state index contributed by atoms with van der Waals surface area (Å²) in [6, 6.07) is 13.2. The van der Waals surface area contributed by atoms with Crippen molar-refractivity contribution in [3.63, 3.8) is 0 Å². The van der Waals surface area contributed by atoms with Gasteiger partial charge in [-0.25, -0.2) is 0 Å². The van der Waals surface area contributed by atoms with Crippen molar-refractivity contribution in [2.24, 2.45) is 0 Å². The van der Waals surface area contributed by atoms with Crippen LogP contribution in [0.1, 0.15) is 41.6 Å². The monoisotopic (exact) mass is 409 g/mol. The van der Waals surface area contributed by atoms with Crippen LogP contribution in [0.5, 0.6) is 0 Å². The molecule has 0 aliphatic rings. The van der Waals surface area contributed by atoms with E-state index in [9.17, 15) is 0 Å².